The molecule has 90 valence electrons. The van der Waals surface area contributed by atoms with Gasteiger partial charge in [0.05, 0.1) is 11.0 Å². The van der Waals surface area contributed by atoms with Crippen LogP contribution in [0.2, 0.25) is 0 Å². The van der Waals surface area contributed by atoms with Gasteiger partial charge in [-0.3, -0.25) is 0 Å². The van der Waals surface area contributed by atoms with Crippen LogP contribution in [-0.2, 0) is 0 Å². The van der Waals surface area contributed by atoms with E-state index < -0.39 is 0 Å². The molecule has 2 nitrogen and oxygen atoms in total. The molecule has 0 unspecified atom stereocenters. The number of fused-ring (bicyclic) bond motifs is 1. The van der Waals surface area contributed by atoms with E-state index in [0.29, 0.717) is 5.92 Å². The van der Waals surface area contributed by atoms with Crippen LogP contribution >= 0.6 is 0 Å². The second kappa shape index (κ2) is 4.30. The fourth-order valence-electron chi connectivity index (χ4n) is 2.11. The van der Waals surface area contributed by atoms with Gasteiger partial charge in [-0.2, -0.15) is 0 Å². The minimum absolute atomic E-state index is 0.428. The lowest BCUT2D eigenvalue weighted by Crippen LogP contribution is -1.88. The zero-order valence-electron chi connectivity index (χ0n) is 10.6. The van der Waals surface area contributed by atoms with Gasteiger partial charge in [-0.1, -0.05) is 50.2 Å². The van der Waals surface area contributed by atoms with Gasteiger partial charge in [-0.15, -0.1) is 0 Å². The predicted octanol–water partition coefficient (Wildman–Crippen LogP) is 4.35. The molecule has 0 saturated heterocycles. The molecule has 0 saturated carbocycles. The zero-order valence-corrected chi connectivity index (χ0v) is 10.6. The van der Waals surface area contributed by atoms with E-state index in [0.717, 1.165) is 16.9 Å². The first-order valence-electron chi connectivity index (χ1n) is 6.29. The highest BCUT2D eigenvalue weighted by Crippen LogP contribution is 2.24. The Hall–Kier alpha value is -2.09. The lowest BCUT2D eigenvalue weighted by Gasteiger charge is -2.00. The molecule has 0 aliphatic rings. The largest absolute Gasteiger partial charge is 0.342 e. The van der Waals surface area contributed by atoms with Gasteiger partial charge in [0.2, 0.25) is 0 Å². The molecule has 1 heterocycles. The van der Waals surface area contributed by atoms with Gasteiger partial charge in [-0.05, 0) is 23.3 Å². The Bertz CT molecular complexity index is 666. The molecule has 0 amide bonds. The van der Waals surface area contributed by atoms with Crippen LogP contribution in [0.1, 0.15) is 25.6 Å². The molecule has 0 aliphatic heterocycles. The van der Waals surface area contributed by atoms with Crippen LogP contribution in [0.5, 0.6) is 0 Å². The summed E-state index contributed by atoms with van der Waals surface area (Å²) >= 11 is 0. The first kappa shape index (κ1) is 11.0. The number of nitrogens with zero attached hydrogens (tertiary/aromatic N) is 1. The Morgan fingerprint density at radius 1 is 0.944 bits per heavy atom. The number of aromatic nitrogens is 2. The molecule has 3 aromatic rings. The van der Waals surface area contributed by atoms with Crippen molar-refractivity contribution in [3.05, 3.63) is 54.4 Å². The van der Waals surface area contributed by atoms with Crippen LogP contribution in [0.25, 0.3) is 22.2 Å². The Morgan fingerprint density at radius 2 is 1.72 bits per heavy atom. The number of nitrogens with one attached hydrogen (secondary N) is 1. The number of hydrogen-bond donors (Lipinski definition) is 1. The van der Waals surface area contributed by atoms with Crippen LogP contribution in [0, 0.1) is 0 Å². The maximum absolute atomic E-state index is 4.59. The van der Waals surface area contributed by atoms with Crippen molar-refractivity contribution >= 4 is 11.0 Å². The number of H-pyrrole nitrogens is 1. The average molecular weight is 236 g/mol. The topological polar surface area (TPSA) is 28.7 Å². The third-order valence-electron chi connectivity index (χ3n) is 3.15. The Morgan fingerprint density at radius 3 is 2.44 bits per heavy atom. The van der Waals surface area contributed by atoms with Gasteiger partial charge in [0.25, 0.3) is 0 Å². The minimum Gasteiger partial charge on any atom is -0.342 e. The van der Waals surface area contributed by atoms with E-state index in [2.05, 4.69) is 66.3 Å². The summed E-state index contributed by atoms with van der Waals surface area (Å²) in [5.41, 5.74) is 4.61. The number of benzene rings is 2. The Labute approximate surface area is 107 Å². The molecule has 2 heteroatoms. The lowest BCUT2D eigenvalue weighted by molar-refractivity contribution is 0.799. The second-order valence-corrected chi connectivity index (χ2v) is 4.87. The Kier molecular flexibility index (Phi) is 2.63. The number of rotatable bonds is 2. The molecule has 2 aromatic carbocycles. The molecule has 0 fully saturated rings. The normalized spacial score (nSPS) is 11.3. The highest BCUT2D eigenvalue weighted by molar-refractivity contribution is 5.82. The predicted molar refractivity (Wildman–Crippen MR) is 75.6 cm³/mol. The number of hydrogen-bond acceptors (Lipinski definition) is 1. The van der Waals surface area contributed by atoms with Crippen molar-refractivity contribution < 1.29 is 0 Å². The number of imidazole rings is 1. The van der Waals surface area contributed by atoms with Gasteiger partial charge in [0.15, 0.2) is 0 Å². The van der Waals surface area contributed by atoms with Crippen LogP contribution < -0.4 is 0 Å². The SMILES string of the molecule is CC(C)c1nc2ccc(-c3ccccc3)cc2[nH]1. The zero-order chi connectivity index (χ0) is 12.5. The molecule has 0 bridgehead atoms. The van der Waals surface area contributed by atoms with Crippen molar-refractivity contribution in [3.8, 4) is 11.1 Å². The summed E-state index contributed by atoms with van der Waals surface area (Å²) in [6, 6.07) is 16.8. The fraction of sp³-hybridized carbons (Fsp3) is 0.188. The third-order valence-corrected chi connectivity index (χ3v) is 3.15. The molecular formula is C16H16N2. The summed E-state index contributed by atoms with van der Waals surface area (Å²) in [5.74, 6) is 1.48. The van der Waals surface area contributed by atoms with Crippen molar-refractivity contribution in [2.75, 3.05) is 0 Å². The van der Waals surface area contributed by atoms with Crippen LogP contribution in [-0.4, -0.2) is 9.97 Å². The summed E-state index contributed by atoms with van der Waals surface area (Å²) in [6.07, 6.45) is 0. The lowest BCUT2D eigenvalue weighted by atomic mass is 10.1. The van der Waals surface area contributed by atoms with E-state index in [-0.39, 0.29) is 0 Å². The Balaban J connectivity index is 2.11. The van der Waals surface area contributed by atoms with E-state index in [4.69, 9.17) is 0 Å². The van der Waals surface area contributed by atoms with Crippen molar-refractivity contribution in [1.29, 1.82) is 0 Å². The molecular weight excluding hydrogens is 220 g/mol. The van der Waals surface area contributed by atoms with Crippen molar-refractivity contribution in [3.63, 3.8) is 0 Å². The van der Waals surface area contributed by atoms with Crippen LogP contribution in [0.15, 0.2) is 48.5 Å². The van der Waals surface area contributed by atoms with Gasteiger partial charge >= 0.3 is 0 Å². The molecule has 0 radical (unpaired) electrons. The minimum atomic E-state index is 0.428. The quantitative estimate of drug-likeness (QED) is 0.704. The van der Waals surface area contributed by atoms with E-state index >= 15 is 0 Å². The van der Waals surface area contributed by atoms with E-state index in [1.165, 1.54) is 11.1 Å². The standard InChI is InChI=1S/C16H16N2/c1-11(2)16-17-14-9-8-13(10-15(14)18-16)12-6-4-3-5-7-12/h3-11H,1-2H3,(H,17,18). The van der Waals surface area contributed by atoms with Crippen LogP contribution in [0.4, 0.5) is 0 Å². The van der Waals surface area contributed by atoms with Gasteiger partial charge < -0.3 is 4.98 Å². The summed E-state index contributed by atoms with van der Waals surface area (Å²) < 4.78 is 0. The first-order valence-corrected chi connectivity index (χ1v) is 6.29. The highest BCUT2D eigenvalue weighted by Gasteiger charge is 2.07. The van der Waals surface area contributed by atoms with E-state index in [1.54, 1.807) is 0 Å². The maximum Gasteiger partial charge on any atom is 0.109 e. The third kappa shape index (κ3) is 1.90. The maximum atomic E-state index is 4.59. The molecule has 1 N–H and O–H groups in total. The summed E-state index contributed by atoms with van der Waals surface area (Å²) in [6.45, 7) is 4.30. The first-order chi connectivity index (χ1) is 8.74. The molecule has 3 rings (SSSR count). The smallest absolute Gasteiger partial charge is 0.109 e. The number of aromatic amines is 1. The second-order valence-electron chi connectivity index (χ2n) is 4.87. The van der Waals surface area contributed by atoms with Crippen molar-refractivity contribution in [1.82, 2.24) is 9.97 Å². The molecule has 18 heavy (non-hydrogen) atoms. The highest BCUT2D eigenvalue weighted by atomic mass is 14.9. The monoisotopic (exact) mass is 236 g/mol. The summed E-state index contributed by atoms with van der Waals surface area (Å²) in [5, 5.41) is 0. The van der Waals surface area contributed by atoms with Gasteiger partial charge in [0.1, 0.15) is 5.82 Å². The van der Waals surface area contributed by atoms with E-state index in [1.807, 2.05) is 6.07 Å². The summed E-state index contributed by atoms with van der Waals surface area (Å²) in [7, 11) is 0. The molecule has 0 aliphatic carbocycles. The van der Waals surface area contributed by atoms with E-state index in [9.17, 15) is 0 Å². The van der Waals surface area contributed by atoms with Gasteiger partial charge in [0, 0.05) is 5.92 Å². The van der Waals surface area contributed by atoms with Gasteiger partial charge in [-0.25, -0.2) is 4.98 Å². The van der Waals surface area contributed by atoms with Crippen LogP contribution in [0.3, 0.4) is 0 Å². The average Bonchev–Trinajstić information content (AvgIpc) is 2.82. The molecule has 0 spiro atoms. The molecule has 1 aromatic heterocycles. The molecule has 0 atom stereocenters. The van der Waals surface area contributed by atoms with Crippen molar-refractivity contribution in [2.24, 2.45) is 0 Å². The fourth-order valence-corrected chi connectivity index (χ4v) is 2.11. The van der Waals surface area contributed by atoms with Crippen molar-refractivity contribution in [2.45, 2.75) is 19.8 Å². The summed E-state index contributed by atoms with van der Waals surface area (Å²) in [4.78, 5) is 7.99.